The molecule has 1 atom stereocenters. The highest BCUT2D eigenvalue weighted by atomic mass is 32.1. The van der Waals surface area contributed by atoms with Gasteiger partial charge in [-0.25, -0.2) is 19.7 Å². The van der Waals surface area contributed by atoms with E-state index in [0.29, 0.717) is 11.5 Å². The number of nitrogens with zero attached hydrogens (tertiary/aromatic N) is 4. The third-order valence-electron chi connectivity index (χ3n) is 5.72. The number of carboxylic acids is 1. The summed E-state index contributed by atoms with van der Waals surface area (Å²) >= 11 is 1.63. The molecule has 3 aromatic heterocycles. The molecule has 8 heteroatoms. The minimum absolute atomic E-state index is 0.246. The minimum atomic E-state index is -0.954. The molecule has 5 rings (SSSR count). The van der Waals surface area contributed by atoms with Gasteiger partial charge in [-0.15, -0.1) is 11.3 Å². The van der Waals surface area contributed by atoms with Crippen molar-refractivity contribution in [2.24, 2.45) is 7.05 Å². The van der Waals surface area contributed by atoms with Crippen LogP contribution in [0.15, 0.2) is 61.3 Å². The van der Waals surface area contributed by atoms with Crippen LogP contribution in [0.2, 0.25) is 0 Å². The standard InChI is InChI=1S/C25H23N5O2S/c1-3-20-21(18-10-6-8-15-7-4-5-9-17(15)18)22-23(26-13-27-24(22)33-20)29-19(25(31)32)11-16-12-30(2)14-28-16/h4-10,12-14,19H,3,11H2,1-2H3,(H,31,32)(H,26,27,29). The second-order valence-electron chi connectivity index (χ2n) is 7.95. The maximum absolute atomic E-state index is 12.1. The summed E-state index contributed by atoms with van der Waals surface area (Å²) in [4.78, 5) is 27.4. The summed E-state index contributed by atoms with van der Waals surface area (Å²) in [5.74, 6) is -0.424. The number of aryl methyl sites for hydroxylation is 2. The molecule has 0 aliphatic heterocycles. The van der Waals surface area contributed by atoms with Crippen molar-refractivity contribution in [2.75, 3.05) is 5.32 Å². The molecule has 0 bridgehead atoms. The molecule has 0 radical (unpaired) electrons. The van der Waals surface area contributed by atoms with Gasteiger partial charge >= 0.3 is 5.97 Å². The van der Waals surface area contributed by atoms with E-state index in [1.807, 2.05) is 29.9 Å². The van der Waals surface area contributed by atoms with Crippen molar-refractivity contribution in [2.45, 2.75) is 25.8 Å². The van der Waals surface area contributed by atoms with E-state index in [9.17, 15) is 9.90 Å². The first kappa shape index (κ1) is 21.1. The summed E-state index contributed by atoms with van der Waals surface area (Å²) in [6.07, 6.45) is 6.08. The highest BCUT2D eigenvalue weighted by Crippen LogP contribution is 2.43. The zero-order valence-corrected chi connectivity index (χ0v) is 19.1. The third-order valence-corrected chi connectivity index (χ3v) is 6.96. The van der Waals surface area contributed by atoms with Crippen LogP contribution in [0.3, 0.4) is 0 Å². The summed E-state index contributed by atoms with van der Waals surface area (Å²) in [5, 5.41) is 16.3. The molecular formula is C25H23N5O2S. The number of rotatable bonds is 7. The van der Waals surface area contributed by atoms with Crippen LogP contribution in [0, 0.1) is 0 Å². The Morgan fingerprint density at radius 3 is 2.73 bits per heavy atom. The van der Waals surface area contributed by atoms with Gasteiger partial charge in [0, 0.05) is 30.1 Å². The summed E-state index contributed by atoms with van der Waals surface area (Å²) in [7, 11) is 1.86. The van der Waals surface area contributed by atoms with Crippen LogP contribution in [0.5, 0.6) is 0 Å². The predicted octanol–water partition coefficient (Wildman–Crippen LogP) is 4.92. The second-order valence-corrected chi connectivity index (χ2v) is 9.04. The van der Waals surface area contributed by atoms with E-state index in [4.69, 9.17) is 0 Å². The van der Waals surface area contributed by atoms with E-state index in [1.54, 1.807) is 17.7 Å². The van der Waals surface area contributed by atoms with Crippen LogP contribution >= 0.6 is 11.3 Å². The van der Waals surface area contributed by atoms with Gasteiger partial charge in [0.25, 0.3) is 0 Å². The fourth-order valence-corrected chi connectivity index (χ4v) is 5.31. The maximum Gasteiger partial charge on any atom is 0.326 e. The maximum atomic E-state index is 12.1. The fourth-order valence-electron chi connectivity index (χ4n) is 4.21. The van der Waals surface area contributed by atoms with Gasteiger partial charge in [-0.2, -0.15) is 0 Å². The molecule has 33 heavy (non-hydrogen) atoms. The van der Waals surface area contributed by atoms with Crippen LogP contribution < -0.4 is 5.32 Å². The highest BCUT2D eigenvalue weighted by Gasteiger charge is 2.24. The van der Waals surface area contributed by atoms with E-state index < -0.39 is 12.0 Å². The first-order chi connectivity index (χ1) is 16.0. The largest absolute Gasteiger partial charge is 0.480 e. The lowest BCUT2D eigenvalue weighted by Crippen LogP contribution is -2.32. The van der Waals surface area contributed by atoms with E-state index in [-0.39, 0.29) is 6.42 Å². The molecule has 0 aliphatic carbocycles. The number of thiophene rings is 1. The first-order valence-electron chi connectivity index (χ1n) is 10.8. The van der Waals surface area contributed by atoms with Gasteiger partial charge in [0.15, 0.2) is 0 Å². The summed E-state index contributed by atoms with van der Waals surface area (Å²) in [6, 6.07) is 13.7. The van der Waals surface area contributed by atoms with E-state index >= 15 is 0 Å². The number of imidazole rings is 1. The van der Waals surface area contributed by atoms with Crippen molar-refractivity contribution in [3.05, 3.63) is 71.9 Å². The minimum Gasteiger partial charge on any atom is -0.480 e. The molecule has 2 aromatic carbocycles. The molecule has 3 heterocycles. The summed E-state index contributed by atoms with van der Waals surface area (Å²) in [6.45, 7) is 2.13. The Kier molecular flexibility index (Phi) is 5.51. The third kappa shape index (κ3) is 3.93. The monoisotopic (exact) mass is 457 g/mol. The molecule has 5 aromatic rings. The number of anilines is 1. The molecule has 0 amide bonds. The van der Waals surface area contributed by atoms with Crippen molar-refractivity contribution in [3.8, 4) is 11.1 Å². The second kappa shape index (κ2) is 8.63. The Bertz CT molecular complexity index is 1470. The Morgan fingerprint density at radius 1 is 1.15 bits per heavy atom. The molecule has 2 N–H and O–H groups in total. The molecule has 166 valence electrons. The van der Waals surface area contributed by atoms with E-state index in [1.165, 1.54) is 11.2 Å². The smallest absolute Gasteiger partial charge is 0.326 e. The number of hydrogen-bond donors (Lipinski definition) is 2. The number of carboxylic acid groups (broad SMARTS) is 1. The Labute approximate surface area is 194 Å². The van der Waals surface area contributed by atoms with Crippen molar-refractivity contribution in [1.29, 1.82) is 0 Å². The van der Waals surface area contributed by atoms with Crippen LogP contribution in [-0.4, -0.2) is 36.6 Å². The van der Waals surface area contributed by atoms with E-state index in [0.717, 1.165) is 38.5 Å². The SMILES string of the molecule is CCc1sc2ncnc(NC(Cc3cn(C)cn3)C(=O)O)c2c1-c1cccc2ccccc12. The lowest BCUT2D eigenvalue weighted by Gasteiger charge is -2.16. The van der Waals surface area contributed by atoms with Gasteiger partial charge in [-0.05, 0) is 22.8 Å². The molecule has 0 saturated heterocycles. The van der Waals surface area contributed by atoms with Crippen LogP contribution in [-0.2, 0) is 24.7 Å². The predicted molar refractivity (Wildman–Crippen MR) is 132 cm³/mol. The number of aromatic nitrogens is 4. The number of hydrogen-bond acceptors (Lipinski definition) is 6. The molecular weight excluding hydrogens is 434 g/mol. The summed E-state index contributed by atoms with van der Waals surface area (Å²) in [5.41, 5.74) is 2.88. The van der Waals surface area contributed by atoms with Crippen LogP contribution in [0.4, 0.5) is 5.82 Å². The molecule has 0 saturated carbocycles. The van der Waals surface area contributed by atoms with Crippen molar-refractivity contribution in [3.63, 3.8) is 0 Å². The van der Waals surface area contributed by atoms with Gasteiger partial charge in [-0.3, -0.25) is 0 Å². The Hall–Kier alpha value is -3.78. The zero-order chi connectivity index (χ0) is 22.9. The van der Waals surface area contributed by atoms with Gasteiger partial charge in [-0.1, -0.05) is 49.4 Å². The van der Waals surface area contributed by atoms with E-state index in [2.05, 4.69) is 57.5 Å². The summed E-state index contributed by atoms with van der Waals surface area (Å²) < 4.78 is 1.81. The topological polar surface area (TPSA) is 92.9 Å². The molecule has 0 spiro atoms. The Balaban J connectivity index is 1.66. The van der Waals surface area contributed by atoms with Crippen molar-refractivity contribution in [1.82, 2.24) is 19.5 Å². The quantitative estimate of drug-likeness (QED) is 0.361. The first-order valence-corrected chi connectivity index (χ1v) is 11.6. The van der Waals surface area contributed by atoms with Gasteiger partial charge in [0.2, 0.25) is 0 Å². The van der Waals surface area contributed by atoms with Gasteiger partial charge in [0.05, 0.1) is 17.4 Å². The average Bonchev–Trinajstić information content (AvgIpc) is 3.41. The van der Waals surface area contributed by atoms with Gasteiger partial charge < -0.3 is 15.0 Å². The molecule has 0 fully saturated rings. The normalized spacial score (nSPS) is 12.3. The zero-order valence-electron chi connectivity index (χ0n) is 18.3. The number of fused-ring (bicyclic) bond motifs is 2. The van der Waals surface area contributed by atoms with Crippen LogP contribution in [0.1, 0.15) is 17.5 Å². The lowest BCUT2D eigenvalue weighted by molar-refractivity contribution is -0.137. The number of aliphatic carboxylic acids is 1. The fraction of sp³-hybridized carbons (Fsp3) is 0.200. The highest BCUT2D eigenvalue weighted by molar-refractivity contribution is 7.19. The van der Waals surface area contributed by atoms with Crippen molar-refractivity contribution >= 4 is 44.1 Å². The lowest BCUT2D eigenvalue weighted by atomic mass is 9.96. The molecule has 1 unspecified atom stereocenters. The average molecular weight is 458 g/mol. The number of nitrogens with one attached hydrogen (secondary N) is 1. The Morgan fingerprint density at radius 2 is 1.97 bits per heavy atom. The van der Waals surface area contributed by atoms with Gasteiger partial charge in [0.1, 0.15) is 23.0 Å². The van der Waals surface area contributed by atoms with Crippen LogP contribution in [0.25, 0.3) is 32.1 Å². The van der Waals surface area contributed by atoms with Crippen molar-refractivity contribution < 1.29 is 9.90 Å². The number of carbonyl (C=O) groups is 1. The molecule has 7 nitrogen and oxygen atoms in total. The molecule has 0 aliphatic rings. The number of benzene rings is 2.